The Balaban J connectivity index is 1.51. The lowest BCUT2D eigenvalue weighted by Crippen LogP contribution is -2.11. The summed E-state index contributed by atoms with van der Waals surface area (Å²) in [5.41, 5.74) is 2.17. The van der Waals surface area contributed by atoms with Crippen LogP contribution in [0.1, 0.15) is 36.7 Å². The summed E-state index contributed by atoms with van der Waals surface area (Å²) in [5, 5.41) is 9.16. The molecule has 0 bridgehead atoms. The van der Waals surface area contributed by atoms with Crippen LogP contribution in [0.4, 0.5) is 0 Å². The van der Waals surface area contributed by atoms with E-state index in [1.165, 1.54) is 0 Å². The highest BCUT2D eigenvalue weighted by Crippen LogP contribution is 2.22. The van der Waals surface area contributed by atoms with Gasteiger partial charge in [0.05, 0.1) is 11.5 Å². The molecule has 0 aliphatic carbocycles. The number of aromatic nitrogens is 3. The highest BCUT2D eigenvalue weighted by Gasteiger charge is 2.21. The molecule has 3 aromatic rings. The smallest absolute Gasteiger partial charge is 0.191 e. The van der Waals surface area contributed by atoms with Gasteiger partial charge in [-0.3, -0.25) is 0 Å². The SMILES string of the molecule is CCn1c(CS(=O)(=O)c2ccc(C)cc2)nnc1SCCCCOc1ccccc1C. The maximum absolute atomic E-state index is 12.8. The van der Waals surface area contributed by atoms with Gasteiger partial charge in [0.25, 0.3) is 0 Å². The summed E-state index contributed by atoms with van der Waals surface area (Å²) in [7, 11) is -3.46. The zero-order valence-corrected chi connectivity index (χ0v) is 19.9. The second-order valence-electron chi connectivity index (χ2n) is 7.38. The van der Waals surface area contributed by atoms with Gasteiger partial charge in [-0.2, -0.15) is 0 Å². The van der Waals surface area contributed by atoms with Gasteiger partial charge in [0.15, 0.2) is 15.0 Å². The maximum Gasteiger partial charge on any atom is 0.191 e. The molecule has 3 rings (SSSR count). The van der Waals surface area contributed by atoms with E-state index in [1.54, 1.807) is 23.9 Å². The van der Waals surface area contributed by atoms with Crippen molar-refractivity contribution in [3.63, 3.8) is 0 Å². The van der Waals surface area contributed by atoms with Crippen molar-refractivity contribution in [3.05, 3.63) is 65.5 Å². The van der Waals surface area contributed by atoms with Gasteiger partial charge >= 0.3 is 0 Å². The number of hydrogen-bond acceptors (Lipinski definition) is 6. The standard InChI is InChI=1S/C23H29N3O3S2/c1-4-26-22(17-31(27,28)20-13-11-18(2)12-14-20)24-25-23(26)30-16-8-7-15-29-21-10-6-5-9-19(21)3/h5-6,9-14H,4,7-8,15-17H2,1-3H3. The number of thioether (sulfide) groups is 1. The van der Waals surface area contributed by atoms with Crippen LogP contribution in [-0.2, 0) is 22.1 Å². The third-order valence-corrected chi connectivity index (χ3v) is 7.61. The van der Waals surface area contributed by atoms with Gasteiger partial charge in [-0.05, 0) is 57.4 Å². The van der Waals surface area contributed by atoms with Crippen LogP contribution in [0.25, 0.3) is 0 Å². The molecule has 166 valence electrons. The monoisotopic (exact) mass is 459 g/mol. The number of para-hydroxylation sites is 1. The van der Waals surface area contributed by atoms with Crippen LogP contribution < -0.4 is 4.74 Å². The average molecular weight is 460 g/mol. The summed E-state index contributed by atoms with van der Waals surface area (Å²) in [4.78, 5) is 0.312. The fourth-order valence-corrected chi connectivity index (χ4v) is 5.41. The first-order chi connectivity index (χ1) is 14.9. The molecule has 0 amide bonds. The van der Waals surface area contributed by atoms with E-state index in [0.29, 0.717) is 23.9 Å². The molecule has 0 radical (unpaired) electrons. The summed E-state index contributed by atoms with van der Waals surface area (Å²) >= 11 is 1.60. The van der Waals surface area contributed by atoms with Gasteiger partial charge in [0.2, 0.25) is 0 Å². The van der Waals surface area contributed by atoms with E-state index < -0.39 is 9.84 Å². The first kappa shape index (κ1) is 23.3. The molecule has 0 N–H and O–H groups in total. The van der Waals surface area contributed by atoms with Crippen LogP contribution in [-0.4, -0.2) is 35.5 Å². The summed E-state index contributed by atoms with van der Waals surface area (Å²) in [6.45, 7) is 7.25. The number of nitrogens with zero attached hydrogens (tertiary/aromatic N) is 3. The van der Waals surface area contributed by atoms with Gasteiger partial charge in [-0.15, -0.1) is 10.2 Å². The lowest BCUT2D eigenvalue weighted by atomic mass is 10.2. The number of ether oxygens (including phenoxy) is 1. The molecule has 1 aromatic heterocycles. The molecule has 0 spiro atoms. The molecule has 1 heterocycles. The predicted octanol–water partition coefficient (Wildman–Crippen LogP) is 4.84. The van der Waals surface area contributed by atoms with E-state index in [1.807, 2.05) is 61.7 Å². The Hall–Kier alpha value is -2.32. The first-order valence-corrected chi connectivity index (χ1v) is 13.1. The third-order valence-electron chi connectivity index (χ3n) is 4.93. The van der Waals surface area contributed by atoms with Crippen LogP contribution in [0.5, 0.6) is 5.75 Å². The summed E-state index contributed by atoms with van der Waals surface area (Å²) in [5.74, 6) is 2.13. The van der Waals surface area contributed by atoms with Crippen LogP contribution in [0.3, 0.4) is 0 Å². The Bertz CT molecular complexity index is 1090. The van der Waals surface area contributed by atoms with Crippen molar-refractivity contribution in [1.82, 2.24) is 14.8 Å². The van der Waals surface area contributed by atoms with Crippen molar-refractivity contribution in [3.8, 4) is 5.75 Å². The van der Waals surface area contributed by atoms with Crippen LogP contribution in [0, 0.1) is 13.8 Å². The molecule has 0 unspecified atom stereocenters. The minimum absolute atomic E-state index is 0.151. The zero-order valence-electron chi connectivity index (χ0n) is 18.2. The normalized spacial score (nSPS) is 11.6. The number of sulfone groups is 1. The van der Waals surface area contributed by atoms with Gasteiger partial charge in [0.1, 0.15) is 17.3 Å². The number of aryl methyl sites for hydroxylation is 2. The Morgan fingerprint density at radius 1 is 1.00 bits per heavy atom. The summed E-state index contributed by atoms with van der Waals surface area (Å²) in [6.07, 6.45) is 1.92. The highest BCUT2D eigenvalue weighted by atomic mass is 32.2. The van der Waals surface area contributed by atoms with Crippen molar-refractivity contribution < 1.29 is 13.2 Å². The number of hydrogen-bond donors (Lipinski definition) is 0. The van der Waals surface area contributed by atoms with Gasteiger partial charge in [-0.1, -0.05) is 47.7 Å². The minimum atomic E-state index is -3.46. The quantitative estimate of drug-likeness (QED) is 0.302. The van der Waals surface area contributed by atoms with Crippen molar-refractivity contribution in [2.75, 3.05) is 12.4 Å². The summed E-state index contributed by atoms with van der Waals surface area (Å²) in [6, 6.07) is 14.9. The minimum Gasteiger partial charge on any atom is -0.493 e. The fourth-order valence-electron chi connectivity index (χ4n) is 3.12. The number of unbranched alkanes of at least 4 members (excludes halogenated alkanes) is 1. The van der Waals surface area contributed by atoms with E-state index in [2.05, 4.69) is 10.2 Å². The fraction of sp³-hybridized carbons (Fsp3) is 0.391. The second-order valence-corrected chi connectivity index (χ2v) is 10.4. The van der Waals surface area contributed by atoms with Crippen LogP contribution in [0.2, 0.25) is 0 Å². The molecule has 0 saturated heterocycles. The van der Waals surface area contributed by atoms with Crippen molar-refractivity contribution >= 4 is 21.6 Å². The molecule has 0 saturated carbocycles. The largest absolute Gasteiger partial charge is 0.493 e. The number of benzene rings is 2. The van der Waals surface area contributed by atoms with Gasteiger partial charge in [0, 0.05) is 12.3 Å². The lowest BCUT2D eigenvalue weighted by Gasteiger charge is -2.09. The topological polar surface area (TPSA) is 74.1 Å². The van der Waals surface area contributed by atoms with Gasteiger partial charge in [-0.25, -0.2) is 8.42 Å². The molecule has 0 aliphatic rings. The average Bonchev–Trinajstić information content (AvgIpc) is 3.12. The Morgan fingerprint density at radius 2 is 1.74 bits per heavy atom. The molecular formula is C23H29N3O3S2. The first-order valence-electron chi connectivity index (χ1n) is 10.4. The van der Waals surface area contributed by atoms with E-state index >= 15 is 0 Å². The Morgan fingerprint density at radius 3 is 2.45 bits per heavy atom. The van der Waals surface area contributed by atoms with Crippen molar-refractivity contribution in [1.29, 1.82) is 0 Å². The Kier molecular flexibility index (Phi) is 8.15. The molecule has 0 fully saturated rings. The van der Waals surface area contributed by atoms with E-state index in [9.17, 15) is 8.42 Å². The lowest BCUT2D eigenvalue weighted by molar-refractivity contribution is 0.308. The molecule has 2 aromatic carbocycles. The molecule has 31 heavy (non-hydrogen) atoms. The molecular weight excluding hydrogens is 430 g/mol. The molecule has 0 atom stereocenters. The Labute approximate surface area is 189 Å². The van der Waals surface area contributed by atoms with Crippen molar-refractivity contribution in [2.45, 2.75) is 56.0 Å². The molecule has 6 nitrogen and oxygen atoms in total. The van der Waals surface area contributed by atoms with Crippen LogP contribution >= 0.6 is 11.8 Å². The molecule has 8 heteroatoms. The predicted molar refractivity (Wildman–Crippen MR) is 124 cm³/mol. The second kappa shape index (κ2) is 10.8. The van der Waals surface area contributed by atoms with Crippen LogP contribution in [0.15, 0.2) is 58.6 Å². The highest BCUT2D eigenvalue weighted by molar-refractivity contribution is 7.99. The van der Waals surface area contributed by atoms with E-state index in [0.717, 1.165) is 40.6 Å². The van der Waals surface area contributed by atoms with Crippen molar-refractivity contribution in [2.24, 2.45) is 0 Å². The number of rotatable bonds is 11. The molecule has 0 aliphatic heterocycles. The van der Waals surface area contributed by atoms with E-state index in [4.69, 9.17) is 4.74 Å². The zero-order chi connectivity index (χ0) is 22.3. The summed E-state index contributed by atoms with van der Waals surface area (Å²) < 4.78 is 33.2. The third kappa shape index (κ3) is 6.33. The maximum atomic E-state index is 12.8. The van der Waals surface area contributed by atoms with Gasteiger partial charge < -0.3 is 9.30 Å². The van der Waals surface area contributed by atoms with E-state index in [-0.39, 0.29) is 5.75 Å².